The summed E-state index contributed by atoms with van der Waals surface area (Å²) >= 11 is 0. The third-order valence-electron chi connectivity index (χ3n) is 4.59. The summed E-state index contributed by atoms with van der Waals surface area (Å²) in [6.45, 7) is 4.18. The molecule has 1 N–H and O–H groups in total. The zero-order chi connectivity index (χ0) is 19.1. The number of nitrogens with one attached hydrogen (secondary N) is 1. The lowest BCUT2D eigenvalue weighted by Gasteiger charge is -2.23. The minimum absolute atomic E-state index is 0.0557. The van der Waals surface area contributed by atoms with Crippen LogP contribution in [0.2, 0.25) is 0 Å². The van der Waals surface area contributed by atoms with Crippen molar-refractivity contribution in [3.63, 3.8) is 0 Å². The molecule has 2 rings (SSSR count). The molecule has 5 nitrogen and oxygen atoms in total. The molecule has 5 heteroatoms. The highest BCUT2D eigenvalue weighted by Crippen LogP contribution is 2.40. The van der Waals surface area contributed by atoms with E-state index in [0.717, 1.165) is 12.0 Å². The van der Waals surface area contributed by atoms with Gasteiger partial charge in [0, 0.05) is 17.8 Å². The zero-order valence-corrected chi connectivity index (χ0v) is 16.0. The first kappa shape index (κ1) is 19.6. The normalized spacial score (nSPS) is 12.8. The van der Waals surface area contributed by atoms with E-state index in [-0.39, 0.29) is 17.7 Å². The van der Waals surface area contributed by atoms with Gasteiger partial charge in [-0.15, -0.1) is 0 Å². The number of hydrogen-bond acceptors (Lipinski definition) is 4. The van der Waals surface area contributed by atoms with Crippen molar-refractivity contribution in [3.05, 3.63) is 48.0 Å². The minimum atomic E-state index is -0.236. The Morgan fingerprint density at radius 1 is 1.00 bits per heavy atom. The van der Waals surface area contributed by atoms with E-state index in [9.17, 15) is 4.79 Å². The predicted octanol–water partition coefficient (Wildman–Crippen LogP) is 4.48. The Morgan fingerprint density at radius 2 is 1.58 bits per heavy atom. The summed E-state index contributed by atoms with van der Waals surface area (Å²) in [5.41, 5.74) is 1.61. The topological polar surface area (TPSA) is 56.8 Å². The molecule has 2 aromatic rings. The molecule has 0 aromatic heterocycles. The number of methoxy groups -OCH3 is 3. The molecule has 0 aliphatic heterocycles. The predicted molar refractivity (Wildman–Crippen MR) is 103 cm³/mol. The summed E-state index contributed by atoms with van der Waals surface area (Å²) in [5.74, 6) is 1.41. The average Bonchev–Trinajstić information content (AvgIpc) is 2.67. The number of rotatable bonds is 8. The van der Waals surface area contributed by atoms with Crippen molar-refractivity contribution in [3.8, 4) is 17.2 Å². The van der Waals surface area contributed by atoms with E-state index in [1.807, 2.05) is 30.3 Å². The van der Waals surface area contributed by atoms with Crippen LogP contribution in [0, 0.1) is 5.92 Å². The Labute approximate surface area is 155 Å². The molecule has 0 aliphatic rings. The standard InChI is InChI=1S/C21H27NO4/c1-6-14(2)19(15-10-8-7-9-11-15)21(23)22-16-12-17(24-3)20(26-5)18(13-16)25-4/h7-14,19H,6H2,1-5H3,(H,22,23)/t14-,19+/m1/s1. The third kappa shape index (κ3) is 4.28. The van der Waals surface area contributed by atoms with Crippen LogP contribution < -0.4 is 19.5 Å². The third-order valence-corrected chi connectivity index (χ3v) is 4.59. The van der Waals surface area contributed by atoms with Crippen molar-refractivity contribution in [2.45, 2.75) is 26.2 Å². The molecule has 1 amide bonds. The minimum Gasteiger partial charge on any atom is -0.493 e. The Kier molecular flexibility index (Phi) is 6.89. The molecule has 26 heavy (non-hydrogen) atoms. The molecule has 0 heterocycles. The lowest BCUT2D eigenvalue weighted by atomic mass is 9.85. The van der Waals surface area contributed by atoms with Crippen LogP contribution >= 0.6 is 0 Å². The van der Waals surface area contributed by atoms with Gasteiger partial charge in [0.15, 0.2) is 11.5 Å². The second kappa shape index (κ2) is 9.13. The molecule has 2 aromatic carbocycles. The number of carbonyl (C=O) groups excluding carboxylic acids is 1. The van der Waals surface area contributed by atoms with Gasteiger partial charge in [0.25, 0.3) is 0 Å². The van der Waals surface area contributed by atoms with Crippen LogP contribution in [0.4, 0.5) is 5.69 Å². The molecule has 0 saturated heterocycles. The molecule has 0 radical (unpaired) electrons. The van der Waals surface area contributed by atoms with Crippen LogP contribution in [-0.2, 0) is 4.79 Å². The van der Waals surface area contributed by atoms with E-state index in [4.69, 9.17) is 14.2 Å². The highest BCUT2D eigenvalue weighted by atomic mass is 16.5. The van der Waals surface area contributed by atoms with E-state index in [2.05, 4.69) is 19.2 Å². The van der Waals surface area contributed by atoms with Crippen LogP contribution in [0.25, 0.3) is 0 Å². The number of ether oxygens (including phenoxy) is 3. The Hall–Kier alpha value is -2.69. The first-order valence-electron chi connectivity index (χ1n) is 8.71. The summed E-state index contributed by atoms with van der Waals surface area (Å²) in [5, 5.41) is 3.00. The molecule has 0 saturated carbocycles. The molecule has 0 aliphatic carbocycles. The molecular formula is C21H27NO4. The number of hydrogen-bond donors (Lipinski definition) is 1. The van der Waals surface area contributed by atoms with Gasteiger partial charge in [-0.2, -0.15) is 0 Å². The van der Waals surface area contributed by atoms with Gasteiger partial charge in [-0.25, -0.2) is 0 Å². The second-order valence-corrected chi connectivity index (χ2v) is 6.18. The first-order chi connectivity index (χ1) is 12.5. The van der Waals surface area contributed by atoms with Crippen molar-refractivity contribution in [2.24, 2.45) is 5.92 Å². The number of anilines is 1. The average molecular weight is 357 g/mol. The van der Waals surface area contributed by atoms with Gasteiger partial charge in [-0.05, 0) is 11.5 Å². The van der Waals surface area contributed by atoms with Crippen molar-refractivity contribution < 1.29 is 19.0 Å². The molecule has 2 atom stereocenters. The fraction of sp³-hybridized carbons (Fsp3) is 0.381. The van der Waals surface area contributed by atoms with Crippen molar-refractivity contribution in [2.75, 3.05) is 26.6 Å². The number of benzene rings is 2. The van der Waals surface area contributed by atoms with Crippen molar-refractivity contribution in [1.29, 1.82) is 0 Å². The van der Waals surface area contributed by atoms with Gasteiger partial charge in [0.05, 0.1) is 27.2 Å². The fourth-order valence-corrected chi connectivity index (χ4v) is 3.01. The smallest absolute Gasteiger partial charge is 0.232 e. The number of amides is 1. The molecule has 0 unspecified atom stereocenters. The maximum absolute atomic E-state index is 13.0. The number of carbonyl (C=O) groups is 1. The van der Waals surface area contributed by atoms with E-state index in [1.54, 1.807) is 33.5 Å². The summed E-state index contributed by atoms with van der Waals surface area (Å²) in [6.07, 6.45) is 0.905. The quantitative estimate of drug-likeness (QED) is 0.757. The summed E-state index contributed by atoms with van der Waals surface area (Å²) < 4.78 is 16.0. The van der Waals surface area contributed by atoms with Crippen molar-refractivity contribution in [1.82, 2.24) is 0 Å². The van der Waals surface area contributed by atoms with Crippen LogP contribution in [0.3, 0.4) is 0 Å². The summed E-state index contributed by atoms with van der Waals surface area (Å²) in [4.78, 5) is 13.0. The molecule has 0 bridgehead atoms. The van der Waals surface area contributed by atoms with Crippen LogP contribution in [0.1, 0.15) is 31.7 Å². The maximum Gasteiger partial charge on any atom is 0.232 e. The van der Waals surface area contributed by atoms with Gasteiger partial charge in [0.1, 0.15) is 0 Å². The maximum atomic E-state index is 13.0. The fourth-order valence-electron chi connectivity index (χ4n) is 3.01. The van der Waals surface area contributed by atoms with Crippen LogP contribution in [-0.4, -0.2) is 27.2 Å². The SMILES string of the molecule is CC[C@@H](C)[C@H](C(=O)Nc1cc(OC)c(OC)c(OC)c1)c1ccccc1. The van der Waals surface area contributed by atoms with E-state index >= 15 is 0 Å². The first-order valence-corrected chi connectivity index (χ1v) is 8.71. The van der Waals surface area contributed by atoms with E-state index < -0.39 is 0 Å². The van der Waals surface area contributed by atoms with Gasteiger partial charge in [0.2, 0.25) is 11.7 Å². The monoisotopic (exact) mass is 357 g/mol. The Balaban J connectivity index is 2.34. The summed E-state index contributed by atoms with van der Waals surface area (Å²) in [6, 6.07) is 13.3. The molecular weight excluding hydrogens is 330 g/mol. The highest BCUT2D eigenvalue weighted by Gasteiger charge is 2.26. The zero-order valence-electron chi connectivity index (χ0n) is 16.0. The van der Waals surface area contributed by atoms with E-state index in [0.29, 0.717) is 22.9 Å². The van der Waals surface area contributed by atoms with E-state index in [1.165, 1.54) is 0 Å². The largest absolute Gasteiger partial charge is 0.493 e. The lowest BCUT2D eigenvalue weighted by molar-refractivity contribution is -0.118. The second-order valence-electron chi connectivity index (χ2n) is 6.18. The van der Waals surface area contributed by atoms with Crippen molar-refractivity contribution >= 4 is 11.6 Å². The van der Waals surface area contributed by atoms with Gasteiger partial charge >= 0.3 is 0 Å². The van der Waals surface area contributed by atoms with Gasteiger partial charge in [-0.3, -0.25) is 4.79 Å². The Bertz CT molecular complexity index is 705. The molecule has 0 spiro atoms. The summed E-state index contributed by atoms with van der Waals surface area (Å²) in [7, 11) is 4.65. The van der Waals surface area contributed by atoms with Gasteiger partial charge in [-0.1, -0.05) is 50.6 Å². The lowest BCUT2D eigenvalue weighted by Crippen LogP contribution is -2.26. The highest BCUT2D eigenvalue weighted by molar-refractivity contribution is 5.96. The van der Waals surface area contributed by atoms with Gasteiger partial charge < -0.3 is 19.5 Å². The molecule has 0 fully saturated rings. The van der Waals surface area contributed by atoms with Crippen LogP contribution in [0.5, 0.6) is 17.2 Å². The Morgan fingerprint density at radius 3 is 2.04 bits per heavy atom. The van der Waals surface area contributed by atoms with Crippen LogP contribution in [0.15, 0.2) is 42.5 Å². The molecule has 140 valence electrons.